The van der Waals surface area contributed by atoms with Gasteiger partial charge in [-0.3, -0.25) is 4.79 Å². The standard InChI is InChI=1S/C28H30N2O3/c1-20(23-13-9-11-21-10-5-6-12-24(21)23)29-17-8-4-7-16-28(2,3)19-30-27(33)25-15-14-22(31)18-26(25)32/h4-6,8-15,18,20,29,31-32H,17,19H2,1-3H3,(H,30,33)/b8-4+/t20-/m1/s1. The Bertz CT molecular complexity index is 1210. The van der Waals surface area contributed by atoms with Crippen molar-refractivity contribution in [3.63, 3.8) is 0 Å². The summed E-state index contributed by atoms with van der Waals surface area (Å²) >= 11 is 0. The molecule has 0 saturated carbocycles. The number of allylic oxidation sites excluding steroid dienone is 1. The third-order valence-electron chi connectivity index (χ3n) is 5.36. The normalized spacial score (nSPS) is 12.3. The maximum atomic E-state index is 12.3. The van der Waals surface area contributed by atoms with Crippen molar-refractivity contribution in [2.75, 3.05) is 13.1 Å². The molecule has 5 heteroatoms. The first-order valence-corrected chi connectivity index (χ1v) is 11.0. The lowest BCUT2D eigenvalue weighted by molar-refractivity contribution is 0.0941. The van der Waals surface area contributed by atoms with Crippen molar-refractivity contribution in [1.82, 2.24) is 10.6 Å². The van der Waals surface area contributed by atoms with Gasteiger partial charge >= 0.3 is 0 Å². The summed E-state index contributed by atoms with van der Waals surface area (Å²) in [5, 5.41) is 27.9. The summed E-state index contributed by atoms with van der Waals surface area (Å²) in [6, 6.07) is 18.8. The summed E-state index contributed by atoms with van der Waals surface area (Å²) < 4.78 is 0. The summed E-state index contributed by atoms with van der Waals surface area (Å²) in [7, 11) is 0. The van der Waals surface area contributed by atoms with E-state index < -0.39 is 11.3 Å². The number of hydrogen-bond acceptors (Lipinski definition) is 4. The molecule has 3 aromatic rings. The van der Waals surface area contributed by atoms with Gasteiger partial charge in [-0.05, 0) is 55.3 Å². The van der Waals surface area contributed by atoms with Crippen molar-refractivity contribution in [2.45, 2.75) is 26.8 Å². The molecule has 0 heterocycles. The van der Waals surface area contributed by atoms with Gasteiger partial charge in [0.2, 0.25) is 0 Å². The monoisotopic (exact) mass is 442 g/mol. The summed E-state index contributed by atoms with van der Waals surface area (Å²) in [6.45, 7) is 7.04. The molecule has 0 aromatic heterocycles. The molecule has 0 spiro atoms. The van der Waals surface area contributed by atoms with Gasteiger partial charge < -0.3 is 20.8 Å². The first-order valence-electron chi connectivity index (χ1n) is 11.0. The van der Waals surface area contributed by atoms with E-state index in [-0.39, 0.29) is 23.1 Å². The minimum Gasteiger partial charge on any atom is -0.508 e. The van der Waals surface area contributed by atoms with Crippen LogP contribution < -0.4 is 10.6 Å². The number of rotatable bonds is 7. The summed E-state index contributed by atoms with van der Waals surface area (Å²) in [5.74, 6) is 5.43. The molecule has 0 fully saturated rings. The molecular formula is C28H30N2O3. The largest absolute Gasteiger partial charge is 0.508 e. The highest BCUT2D eigenvalue weighted by Gasteiger charge is 2.18. The Morgan fingerprint density at radius 2 is 1.85 bits per heavy atom. The van der Waals surface area contributed by atoms with Gasteiger partial charge in [0.1, 0.15) is 11.5 Å². The second kappa shape index (κ2) is 10.7. The number of benzene rings is 3. The molecule has 4 N–H and O–H groups in total. The molecule has 0 aliphatic rings. The number of hydrogen-bond donors (Lipinski definition) is 4. The Morgan fingerprint density at radius 3 is 2.64 bits per heavy atom. The molecule has 1 atom stereocenters. The predicted molar refractivity (Wildman–Crippen MR) is 133 cm³/mol. The number of carbonyl (C=O) groups excluding carboxylic acids is 1. The minimum atomic E-state index is -0.448. The zero-order chi connectivity index (χ0) is 23.8. The first kappa shape index (κ1) is 23.9. The van der Waals surface area contributed by atoms with Crippen LogP contribution in [0.2, 0.25) is 0 Å². The van der Waals surface area contributed by atoms with Crippen molar-refractivity contribution >= 4 is 16.7 Å². The maximum Gasteiger partial charge on any atom is 0.255 e. The number of amides is 1. The molecule has 170 valence electrons. The van der Waals surface area contributed by atoms with Crippen LogP contribution in [0.1, 0.15) is 42.7 Å². The zero-order valence-corrected chi connectivity index (χ0v) is 19.2. The fourth-order valence-corrected chi connectivity index (χ4v) is 3.49. The van der Waals surface area contributed by atoms with E-state index in [0.717, 1.165) is 6.07 Å². The third kappa shape index (κ3) is 6.61. The molecule has 0 radical (unpaired) electrons. The molecule has 5 nitrogen and oxygen atoms in total. The van der Waals surface area contributed by atoms with E-state index in [0.29, 0.717) is 13.1 Å². The molecule has 0 aliphatic heterocycles. The van der Waals surface area contributed by atoms with E-state index in [2.05, 4.69) is 71.9 Å². The second-order valence-electron chi connectivity index (χ2n) is 8.64. The van der Waals surface area contributed by atoms with Crippen molar-refractivity contribution < 1.29 is 15.0 Å². The van der Waals surface area contributed by atoms with Gasteiger partial charge in [-0.15, -0.1) is 0 Å². The first-order chi connectivity index (χ1) is 15.8. The van der Waals surface area contributed by atoms with Crippen molar-refractivity contribution in [2.24, 2.45) is 5.41 Å². The highest BCUT2D eigenvalue weighted by molar-refractivity contribution is 5.97. The molecule has 0 aliphatic carbocycles. The Kier molecular flexibility index (Phi) is 7.76. The summed E-state index contributed by atoms with van der Waals surface area (Å²) in [4.78, 5) is 12.3. The van der Waals surface area contributed by atoms with Crippen molar-refractivity contribution in [1.29, 1.82) is 0 Å². The smallest absolute Gasteiger partial charge is 0.255 e. The molecule has 1 amide bonds. The molecular weight excluding hydrogens is 412 g/mol. The Morgan fingerprint density at radius 1 is 1.09 bits per heavy atom. The Hall–Kier alpha value is -3.75. The van der Waals surface area contributed by atoms with E-state index in [1.165, 1.54) is 28.5 Å². The summed E-state index contributed by atoms with van der Waals surface area (Å²) in [6.07, 6.45) is 3.80. The minimum absolute atomic E-state index is 0.0944. The molecule has 0 bridgehead atoms. The quantitative estimate of drug-likeness (QED) is 0.392. The predicted octanol–water partition coefficient (Wildman–Crippen LogP) is 4.92. The third-order valence-corrected chi connectivity index (χ3v) is 5.36. The van der Waals surface area contributed by atoms with Crippen LogP contribution in [0.15, 0.2) is 72.8 Å². The molecule has 3 rings (SSSR count). The van der Waals surface area contributed by atoms with Crippen LogP contribution in [0.3, 0.4) is 0 Å². The topological polar surface area (TPSA) is 81.6 Å². The fraction of sp³-hybridized carbons (Fsp3) is 0.250. The highest BCUT2D eigenvalue weighted by atomic mass is 16.3. The lowest BCUT2D eigenvalue weighted by Gasteiger charge is -2.18. The van der Waals surface area contributed by atoms with Crippen LogP contribution in [0.5, 0.6) is 11.5 Å². The average Bonchev–Trinajstić information content (AvgIpc) is 2.79. The summed E-state index contributed by atoms with van der Waals surface area (Å²) in [5.41, 5.74) is 0.933. The van der Waals surface area contributed by atoms with E-state index in [1.54, 1.807) is 0 Å². The van der Waals surface area contributed by atoms with Crippen LogP contribution >= 0.6 is 0 Å². The van der Waals surface area contributed by atoms with Crippen molar-refractivity contribution in [3.05, 3.63) is 83.9 Å². The number of phenolic OH excluding ortho intramolecular Hbond substituents is 2. The lowest BCUT2D eigenvalue weighted by atomic mass is 9.94. The number of carbonyl (C=O) groups is 1. The van der Waals surface area contributed by atoms with E-state index in [4.69, 9.17) is 0 Å². The van der Waals surface area contributed by atoms with Crippen LogP contribution in [0.4, 0.5) is 0 Å². The van der Waals surface area contributed by atoms with Gasteiger partial charge in [-0.1, -0.05) is 60.4 Å². The SMILES string of the molecule is C[C@@H](NC/C=C/C#CC(C)(C)CNC(=O)c1ccc(O)cc1O)c1cccc2ccccc12. The van der Waals surface area contributed by atoms with Gasteiger partial charge in [-0.2, -0.15) is 0 Å². The Labute approximate surface area is 195 Å². The van der Waals surface area contributed by atoms with Gasteiger partial charge in [0.05, 0.1) is 5.56 Å². The fourth-order valence-electron chi connectivity index (χ4n) is 3.49. The number of phenols is 2. The van der Waals surface area contributed by atoms with E-state index >= 15 is 0 Å². The van der Waals surface area contributed by atoms with E-state index in [9.17, 15) is 15.0 Å². The highest BCUT2D eigenvalue weighted by Crippen LogP contribution is 2.24. The molecule has 0 saturated heterocycles. The van der Waals surface area contributed by atoms with Gasteiger partial charge in [0.25, 0.3) is 5.91 Å². The van der Waals surface area contributed by atoms with Crippen LogP contribution in [0, 0.1) is 17.3 Å². The molecule has 33 heavy (non-hydrogen) atoms. The zero-order valence-electron chi connectivity index (χ0n) is 19.2. The van der Waals surface area contributed by atoms with Crippen LogP contribution in [-0.4, -0.2) is 29.2 Å². The number of nitrogens with one attached hydrogen (secondary N) is 2. The van der Waals surface area contributed by atoms with E-state index in [1.807, 2.05) is 26.0 Å². The number of aromatic hydroxyl groups is 2. The average molecular weight is 443 g/mol. The maximum absolute atomic E-state index is 12.3. The van der Waals surface area contributed by atoms with Gasteiger partial charge in [0.15, 0.2) is 0 Å². The molecule has 3 aromatic carbocycles. The Balaban J connectivity index is 1.49. The van der Waals surface area contributed by atoms with Gasteiger partial charge in [0, 0.05) is 30.6 Å². The van der Waals surface area contributed by atoms with Crippen molar-refractivity contribution in [3.8, 4) is 23.3 Å². The number of fused-ring (bicyclic) bond motifs is 1. The molecule has 0 unspecified atom stereocenters. The van der Waals surface area contributed by atoms with Gasteiger partial charge in [-0.25, -0.2) is 0 Å². The van der Waals surface area contributed by atoms with Crippen LogP contribution in [0.25, 0.3) is 10.8 Å². The second-order valence-corrected chi connectivity index (χ2v) is 8.64. The van der Waals surface area contributed by atoms with Crippen LogP contribution in [-0.2, 0) is 0 Å². The lowest BCUT2D eigenvalue weighted by Crippen LogP contribution is -2.33.